The second-order valence-corrected chi connectivity index (χ2v) is 8.79. The molecule has 3 aromatic rings. The molecule has 2 aromatic heterocycles. The van der Waals surface area contributed by atoms with E-state index in [1.54, 1.807) is 13.3 Å². The average molecular weight is 461 g/mol. The van der Waals surface area contributed by atoms with E-state index < -0.39 is 0 Å². The summed E-state index contributed by atoms with van der Waals surface area (Å²) in [4.78, 5) is 31.1. The van der Waals surface area contributed by atoms with Gasteiger partial charge in [0, 0.05) is 49.5 Å². The fourth-order valence-corrected chi connectivity index (χ4v) is 4.39. The summed E-state index contributed by atoms with van der Waals surface area (Å²) in [6, 6.07) is 11.6. The third-order valence-electron chi connectivity index (χ3n) is 6.09. The van der Waals surface area contributed by atoms with E-state index in [4.69, 9.17) is 4.74 Å². The van der Waals surface area contributed by atoms with Crippen LogP contribution in [0.25, 0.3) is 0 Å². The summed E-state index contributed by atoms with van der Waals surface area (Å²) in [5.74, 6) is 1.41. The summed E-state index contributed by atoms with van der Waals surface area (Å²) >= 11 is 0. The van der Waals surface area contributed by atoms with Crippen molar-refractivity contribution in [1.82, 2.24) is 19.9 Å². The fourth-order valence-electron chi connectivity index (χ4n) is 4.39. The van der Waals surface area contributed by atoms with E-state index in [2.05, 4.69) is 25.2 Å². The maximum absolute atomic E-state index is 13.5. The molecular weight excluding hydrogens is 428 g/mol. The van der Waals surface area contributed by atoms with Crippen molar-refractivity contribution >= 4 is 17.7 Å². The van der Waals surface area contributed by atoms with Crippen molar-refractivity contribution in [2.45, 2.75) is 46.2 Å². The summed E-state index contributed by atoms with van der Waals surface area (Å²) < 4.78 is 5.46. The van der Waals surface area contributed by atoms with Gasteiger partial charge in [-0.1, -0.05) is 12.1 Å². The third-order valence-corrected chi connectivity index (χ3v) is 6.09. The van der Waals surface area contributed by atoms with Crippen LogP contribution < -0.4 is 15.0 Å². The van der Waals surface area contributed by atoms with Crippen molar-refractivity contribution in [3.05, 3.63) is 71.3 Å². The molecule has 0 atom stereocenters. The smallest absolute Gasteiger partial charge is 0.322 e. The lowest BCUT2D eigenvalue weighted by atomic mass is 10.0. The highest BCUT2D eigenvalue weighted by Crippen LogP contribution is 2.27. The van der Waals surface area contributed by atoms with E-state index >= 15 is 0 Å². The molecule has 2 amide bonds. The summed E-state index contributed by atoms with van der Waals surface area (Å²) in [5, 5.41) is 3.08. The molecular formula is C26H32N6O2. The monoisotopic (exact) mass is 460 g/mol. The lowest BCUT2D eigenvalue weighted by molar-refractivity contribution is 0.170. The van der Waals surface area contributed by atoms with E-state index in [1.165, 1.54) is 0 Å². The van der Waals surface area contributed by atoms with Crippen molar-refractivity contribution in [2.24, 2.45) is 0 Å². The van der Waals surface area contributed by atoms with Crippen molar-refractivity contribution in [2.75, 3.05) is 30.4 Å². The fraction of sp³-hybridized carbons (Fsp3) is 0.385. The van der Waals surface area contributed by atoms with Gasteiger partial charge in [0.25, 0.3) is 0 Å². The number of methoxy groups -OCH3 is 1. The van der Waals surface area contributed by atoms with Gasteiger partial charge in [0.2, 0.25) is 5.95 Å². The number of carbonyl (C=O) groups is 1. The highest BCUT2D eigenvalue weighted by atomic mass is 16.5. The zero-order chi connectivity index (χ0) is 24.1. The number of carbonyl (C=O) groups excluding carboxylic acids is 1. The van der Waals surface area contributed by atoms with Crippen LogP contribution in [-0.2, 0) is 6.54 Å². The highest BCUT2D eigenvalue weighted by Gasteiger charge is 2.29. The largest absolute Gasteiger partial charge is 0.495 e. The van der Waals surface area contributed by atoms with Crippen LogP contribution in [0.2, 0.25) is 0 Å². The normalized spacial score (nSPS) is 14.1. The maximum atomic E-state index is 13.5. The number of pyridine rings is 1. The average Bonchev–Trinajstić information content (AvgIpc) is 2.83. The molecule has 0 spiro atoms. The van der Waals surface area contributed by atoms with Gasteiger partial charge in [-0.05, 0) is 69.0 Å². The summed E-state index contributed by atoms with van der Waals surface area (Å²) in [6.45, 7) is 8.04. The minimum Gasteiger partial charge on any atom is -0.495 e. The molecule has 8 nitrogen and oxygen atoms in total. The topological polar surface area (TPSA) is 83.5 Å². The number of rotatable bonds is 6. The molecule has 8 heteroatoms. The zero-order valence-electron chi connectivity index (χ0n) is 20.3. The van der Waals surface area contributed by atoms with Gasteiger partial charge in [-0.15, -0.1) is 0 Å². The third kappa shape index (κ3) is 5.62. The first-order valence-electron chi connectivity index (χ1n) is 11.6. The van der Waals surface area contributed by atoms with Gasteiger partial charge >= 0.3 is 6.03 Å². The number of hydrogen-bond donors (Lipinski definition) is 1. The number of ether oxygens (including phenoxy) is 1. The second kappa shape index (κ2) is 10.5. The minimum atomic E-state index is -0.145. The molecule has 0 aliphatic carbocycles. The predicted octanol–water partition coefficient (Wildman–Crippen LogP) is 4.51. The minimum absolute atomic E-state index is 0.0816. The van der Waals surface area contributed by atoms with Gasteiger partial charge in [0.05, 0.1) is 12.8 Å². The Balaban J connectivity index is 1.52. The molecule has 1 aliphatic rings. The first-order valence-corrected chi connectivity index (χ1v) is 11.6. The Bertz CT molecular complexity index is 1110. The number of hydrogen-bond acceptors (Lipinski definition) is 6. The molecule has 1 saturated heterocycles. The first kappa shape index (κ1) is 23.5. The van der Waals surface area contributed by atoms with Crippen molar-refractivity contribution in [1.29, 1.82) is 0 Å². The molecule has 178 valence electrons. The van der Waals surface area contributed by atoms with Crippen LogP contribution in [0.5, 0.6) is 5.75 Å². The molecule has 1 fully saturated rings. The number of aromatic nitrogens is 3. The van der Waals surface area contributed by atoms with Crippen LogP contribution in [0.4, 0.5) is 16.4 Å². The molecule has 1 N–H and O–H groups in total. The molecule has 3 heterocycles. The van der Waals surface area contributed by atoms with E-state index in [0.717, 1.165) is 54.4 Å². The Kier molecular flexibility index (Phi) is 7.25. The number of nitrogens with zero attached hydrogens (tertiary/aromatic N) is 5. The van der Waals surface area contributed by atoms with Gasteiger partial charge in [-0.3, -0.25) is 4.98 Å². The Morgan fingerprint density at radius 1 is 1.12 bits per heavy atom. The van der Waals surface area contributed by atoms with Crippen LogP contribution in [0.15, 0.2) is 48.8 Å². The van der Waals surface area contributed by atoms with Crippen LogP contribution in [0, 0.1) is 20.8 Å². The Morgan fingerprint density at radius 3 is 2.50 bits per heavy atom. The quantitative estimate of drug-likeness (QED) is 0.583. The summed E-state index contributed by atoms with van der Waals surface area (Å²) in [7, 11) is 1.61. The summed E-state index contributed by atoms with van der Waals surface area (Å²) in [5.41, 5.74) is 4.65. The Morgan fingerprint density at radius 2 is 1.85 bits per heavy atom. The number of urea groups is 1. The van der Waals surface area contributed by atoms with Crippen molar-refractivity contribution in [3.8, 4) is 5.75 Å². The predicted molar refractivity (Wildman–Crippen MR) is 133 cm³/mol. The van der Waals surface area contributed by atoms with Crippen molar-refractivity contribution < 1.29 is 9.53 Å². The number of piperidine rings is 1. The number of nitrogens with one attached hydrogen (secondary N) is 1. The standard InChI is InChI=1S/C26H32N6O2/c1-18-7-8-24(34-4)23(14-18)30-26(33)32(17-21-6-5-11-27-16-21)22-9-12-31(13-10-22)25-28-19(2)15-20(3)29-25/h5-8,11,14-16,22H,9-10,12-13,17H2,1-4H3,(H,30,33). The molecule has 0 unspecified atom stereocenters. The SMILES string of the molecule is COc1ccc(C)cc1NC(=O)N(Cc1cccnc1)C1CCN(c2nc(C)cc(C)n2)CC1. The van der Waals surface area contributed by atoms with Gasteiger partial charge < -0.3 is 19.9 Å². The van der Waals surface area contributed by atoms with Gasteiger partial charge in [-0.2, -0.15) is 0 Å². The van der Waals surface area contributed by atoms with E-state index in [0.29, 0.717) is 18.0 Å². The van der Waals surface area contributed by atoms with Crippen LogP contribution in [-0.4, -0.2) is 52.1 Å². The van der Waals surface area contributed by atoms with Gasteiger partial charge in [0.15, 0.2) is 0 Å². The number of amides is 2. The van der Waals surface area contributed by atoms with Gasteiger partial charge in [0.1, 0.15) is 5.75 Å². The molecule has 0 radical (unpaired) electrons. The molecule has 1 aromatic carbocycles. The first-order chi connectivity index (χ1) is 16.4. The Labute approximate surface area is 201 Å². The molecule has 4 rings (SSSR count). The van der Waals surface area contributed by atoms with Crippen LogP contribution in [0.1, 0.15) is 35.4 Å². The van der Waals surface area contributed by atoms with Crippen molar-refractivity contribution in [3.63, 3.8) is 0 Å². The summed E-state index contributed by atoms with van der Waals surface area (Å²) in [6.07, 6.45) is 5.21. The maximum Gasteiger partial charge on any atom is 0.322 e. The number of aryl methyl sites for hydroxylation is 3. The van der Waals surface area contributed by atoms with E-state index in [-0.39, 0.29) is 12.1 Å². The molecule has 0 saturated carbocycles. The molecule has 34 heavy (non-hydrogen) atoms. The lowest BCUT2D eigenvalue weighted by Crippen LogP contribution is -2.49. The Hall–Kier alpha value is -3.68. The van der Waals surface area contributed by atoms with Crippen LogP contribution >= 0.6 is 0 Å². The lowest BCUT2D eigenvalue weighted by Gasteiger charge is -2.38. The van der Waals surface area contributed by atoms with Gasteiger partial charge in [-0.25, -0.2) is 14.8 Å². The van der Waals surface area contributed by atoms with Crippen LogP contribution in [0.3, 0.4) is 0 Å². The number of anilines is 2. The molecule has 0 bridgehead atoms. The van der Waals surface area contributed by atoms with E-state index in [9.17, 15) is 4.79 Å². The zero-order valence-corrected chi connectivity index (χ0v) is 20.3. The van der Waals surface area contributed by atoms with E-state index in [1.807, 2.05) is 68.3 Å². The number of benzene rings is 1. The highest BCUT2D eigenvalue weighted by molar-refractivity contribution is 5.91. The molecule has 1 aliphatic heterocycles. The second-order valence-electron chi connectivity index (χ2n) is 8.79.